The zero-order valence-corrected chi connectivity index (χ0v) is 10.6. The first-order valence-corrected chi connectivity index (χ1v) is 5.63. The SMILES string of the molecule is Oc1c(I)cc(I)c2nccnc12. The summed E-state index contributed by atoms with van der Waals surface area (Å²) >= 11 is 4.26. The third-order valence-corrected chi connectivity index (χ3v) is 3.27. The molecular formula is C8H4I2N2O. The van der Waals surface area contributed by atoms with Gasteiger partial charge < -0.3 is 5.11 Å². The van der Waals surface area contributed by atoms with E-state index in [2.05, 4.69) is 55.1 Å². The van der Waals surface area contributed by atoms with Crippen molar-refractivity contribution in [3.05, 3.63) is 25.6 Å². The normalized spacial score (nSPS) is 10.6. The standard InChI is InChI=1S/C8H4I2N2O/c9-4-3-5(10)8(13)7-6(4)11-1-2-12-7/h1-3,13H. The number of phenols is 1. The lowest BCUT2D eigenvalue weighted by molar-refractivity contribution is 0.476. The van der Waals surface area contributed by atoms with E-state index >= 15 is 0 Å². The number of fused-ring (bicyclic) bond motifs is 1. The van der Waals surface area contributed by atoms with Crippen LogP contribution in [-0.2, 0) is 0 Å². The third-order valence-electron chi connectivity index (χ3n) is 1.63. The molecule has 1 aromatic heterocycles. The molecule has 2 aromatic rings. The van der Waals surface area contributed by atoms with Gasteiger partial charge in [-0.2, -0.15) is 0 Å². The van der Waals surface area contributed by atoms with Crippen molar-refractivity contribution in [3.63, 3.8) is 0 Å². The minimum atomic E-state index is 0.212. The molecule has 0 saturated carbocycles. The van der Waals surface area contributed by atoms with Gasteiger partial charge in [0.2, 0.25) is 0 Å². The Hall–Kier alpha value is -0.180. The number of benzene rings is 1. The van der Waals surface area contributed by atoms with Gasteiger partial charge in [-0.3, -0.25) is 4.98 Å². The Kier molecular flexibility index (Phi) is 2.54. The molecule has 13 heavy (non-hydrogen) atoms. The summed E-state index contributed by atoms with van der Waals surface area (Å²) in [6.07, 6.45) is 3.20. The van der Waals surface area contributed by atoms with Crippen LogP contribution in [0.2, 0.25) is 0 Å². The third kappa shape index (κ3) is 1.58. The van der Waals surface area contributed by atoms with E-state index in [-0.39, 0.29) is 5.75 Å². The number of aromatic hydroxyl groups is 1. The Morgan fingerprint density at radius 2 is 1.62 bits per heavy atom. The Morgan fingerprint density at radius 1 is 1.00 bits per heavy atom. The molecule has 0 atom stereocenters. The Balaban J connectivity index is 2.97. The van der Waals surface area contributed by atoms with Crippen LogP contribution in [0.25, 0.3) is 11.0 Å². The van der Waals surface area contributed by atoms with Gasteiger partial charge in [0.05, 0.1) is 3.57 Å². The lowest BCUT2D eigenvalue weighted by Gasteiger charge is -2.02. The monoisotopic (exact) mass is 398 g/mol. The van der Waals surface area contributed by atoms with E-state index < -0.39 is 0 Å². The highest BCUT2D eigenvalue weighted by Gasteiger charge is 2.09. The fourth-order valence-electron chi connectivity index (χ4n) is 1.05. The summed E-state index contributed by atoms with van der Waals surface area (Å²) < 4.78 is 1.80. The molecule has 3 nitrogen and oxygen atoms in total. The average Bonchev–Trinajstić information content (AvgIpc) is 2.15. The molecule has 0 aliphatic rings. The topological polar surface area (TPSA) is 46.0 Å². The van der Waals surface area contributed by atoms with Crippen LogP contribution in [0.1, 0.15) is 0 Å². The minimum Gasteiger partial charge on any atom is -0.505 e. The summed E-state index contributed by atoms with van der Waals surface area (Å²) in [6.45, 7) is 0. The lowest BCUT2D eigenvalue weighted by Crippen LogP contribution is -1.88. The maximum absolute atomic E-state index is 9.67. The van der Waals surface area contributed by atoms with Gasteiger partial charge in [-0.25, -0.2) is 4.98 Å². The van der Waals surface area contributed by atoms with Gasteiger partial charge in [0.15, 0.2) is 5.75 Å². The number of aromatic nitrogens is 2. The molecule has 0 aliphatic carbocycles. The molecule has 1 N–H and O–H groups in total. The maximum atomic E-state index is 9.67. The van der Waals surface area contributed by atoms with Crippen molar-refractivity contribution in [3.8, 4) is 5.75 Å². The van der Waals surface area contributed by atoms with Gasteiger partial charge in [0, 0.05) is 16.0 Å². The van der Waals surface area contributed by atoms with Crippen molar-refractivity contribution in [1.29, 1.82) is 0 Å². The number of hydrogen-bond acceptors (Lipinski definition) is 3. The quantitative estimate of drug-likeness (QED) is 0.695. The largest absolute Gasteiger partial charge is 0.505 e. The number of rotatable bonds is 0. The number of nitrogens with zero attached hydrogens (tertiary/aromatic N) is 2. The van der Waals surface area contributed by atoms with Gasteiger partial charge in [-0.15, -0.1) is 0 Å². The second kappa shape index (κ2) is 3.52. The molecule has 0 unspecified atom stereocenters. The Bertz CT molecular complexity index is 473. The van der Waals surface area contributed by atoms with Crippen molar-refractivity contribution >= 4 is 56.2 Å². The number of hydrogen-bond donors (Lipinski definition) is 1. The van der Waals surface area contributed by atoms with Gasteiger partial charge in [0.25, 0.3) is 0 Å². The van der Waals surface area contributed by atoms with Gasteiger partial charge in [-0.1, -0.05) is 0 Å². The second-order valence-electron chi connectivity index (χ2n) is 2.44. The summed E-state index contributed by atoms with van der Waals surface area (Å²) in [5, 5.41) is 9.67. The van der Waals surface area contributed by atoms with E-state index in [0.717, 1.165) is 12.7 Å². The molecule has 0 fully saturated rings. The predicted molar refractivity (Wildman–Crippen MR) is 66.6 cm³/mol. The summed E-state index contributed by atoms with van der Waals surface area (Å²) in [6, 6.07) is 1.88. The zero-order valence-electron chi connectivity index (χ0n) is 6.33. The summed E-state index contributed by atoms with van der Waals surface area (Å²) in [4.78, 5) is 8.23. The number of halogens is 2. The first-order chi connectivity index (χ1) is 6.20. The van der Waals surface area contributed by atoms with Crippen LogP contribution in [0.5, 0.6) is 5.75 Å². The maximum Gasteiger partial charge on any atom is 0.156 e. The van der Waals surface area contributed by atoms with Gasteiger partial charge in [0.1, 0.15) is 11.0 Å². The van der Waals surface area contributed by atoms with Crippen LogP contribution in [0.15, 0.2) is 18.5 Å². The summed E-state index contributed by atoms with van der Waals surface area (Å²) in [5.74, 6) is 0.212. The van der Waals surface area contributed by atoms with Crippen LogP contribution in [0.3, 0.4) is 0 Å². The predicted octanol–water partition coefficient (Wildman–Crippen LogP) is 2.54. The molecule has 1 aromatic carbocycles. The fraction of sp³-hybridized carbons (Fsp3) is 0. The average molecular weight is 398 g/mol. The molecule has 0 aliphatic heterocycles. The fourth-order valence-corrected chi connectivity index (χ4v) is 2.92. The van der Waals surface area contributed by atoms with E-state index in [0.29, 0.717) is 5.52 Å². The second-order valence-corrected chi connectivity index (χ2v) is 4.77. The molecule has 1 heterocycles. The summed E-state index contributed by atoms with van der Waals surface area (Å²) in [7, 11) is 0. The molecule has 0 radical (unpaired) electrons. The van der Waals surface area contributed by atoms with Gasteiger partial charge in [-0.05, 0) is 51.2 Å². The van der Waals surface area contributed by atoms with Gasteiger partial charge >= 0.3 is 0 Å². The highest BCUT2D eigenvalue weighted by Crippen LogP contribution is 2.30. The van der Waals surface area contributed by atoms with Crippen molar-refractivity contribution in [1.82, 2.24) is 9.97 Å². The lowest BCUT2D eigenvalue weighted by atomic mass is 10.3. The molecule has 0 amide bonds. The van der Waals surface area contributed by atoms with E-state index in [1.54, 1.807) is 12.4 Å². The van der Waals surface area contributed by atoms with Crippen molar-refractivity contribution < 1.29 is 5.11 Å². The molecule has 5 heteroatoms. The first-order valence-electron chi connectivity index (χ1n) is 3.48. The van der Waals surface area contributed by atoms with Crippen LogP contribution >= 0.6 is 45.2 Å². The first kappa shape index (κ1) is 9.38. The molecule has 0 bridgehead atoms. The van der Waals surface area contributed by atoms with E-state index in [9.17, 15) is 5.11 Å². The number of phenolic OH excluding ortho intramolecular Hbond substituents is 1. The molecular weight excluding hydrogens is 394 g/mol. The van der Waals surface area contributed by atoms with E-state index in [4.69, 9.17) is 0 Å². The minimum absolute atomic E-state index is 0.212. The molecule has 0 spiro atoms. The van der Waals surface area contributed by atoms with Crippen LogP contribution in [0.4, 0.5) is 0 Å². The Morgan fingerprint density at radius 3 is 2.31 bits per heavy atom. The van der Waals surface area contributed by atoms with E-state index in [1.807, 2.05) is 6.07 Å². The smallest absolute Gasteiger partial charge is 0.156 e. The van der Waals surface area contributed by atoms with E-state index in [1.165, 1.54) is 0 Å². The molecule has 0 saturated heterocycles. The van der Waals surface area contributed by atoms with Crippen LogP contribution in [-0.4, -0.2) is 15.1 Å². The van der Waals surface area contributed by atoms with Crippen LogP contribution < -0.4 is 0 Å². The van der Waals surface area contributed by atoms with Crippen molar-refractivity contribution in [2.45, 2.75) is 0 Å². The highest BCUT2D eigenvalue weighted by atomic mass is 127. The summed E-state index contributed by atoms with van der Waals surface area (Å²) in [5.41, 5.74) is 1.32. The molecule has 66 valence electrons. The zero-order chi connectivity index (χ0) is 9.42. The highest BCUT2D eigenvalue weighted by molar-refractivity contribution is 14.1. The van der Waals surface area contributed by atoms with Crippen molar-refractivity contribution in [2.24, 2.45) is 0 Å². The molecule has 2 rings (SSSR count). The Labute approximate surface area is 102 Å². The van der Waals surface area contributed by atoms with Crippen molar-refractivity contribution in [2.75, 3.05) is 0 Å². The van der Waals surface area contributed by atoms with Crippen LogP contribution in [0, 0.1) is 7.14 Å².